The highest BCUT2D eigenvalue weighted by Gasteiger charge is 2.15. The molecule has 6 nitrogen and oxygen atoms in total. The number of carbonyl (C=O) groups is 2. The molecule has 1 aliphatic carbocycles. The molecule has 1 saturated carbocycles. The Kier molecular flexibility index (Phi) is 12.5. The number of hydrogen-bond acceptors (Lipinski definition) is 5. The van der Waals surface area contributed by atoms with Gasteiger partial charge in [-0.25, -0.2) is 5.48 Å². The van der Waals surface area contributed by atoms with Crippen molar-refractivity contribution in [1.82, 2.24) is 0 Å². The van der Waals surface area contributed by atoms with Crippen molar-refractivity contribution in [3.63, 3.8) is 0 Å². The molecule has 0 bridgehead atoms. The molecule has 4 N–H and O–H groups in total. The molecule has 192 valence electrons. The van der Waals surface area contributed by atoms with Crippen molar-refractivity contribution < 1.29 is 14.4 Å². The van der Waals surface area contributed by atoms with Crippen LogP contribution in [0.15, 0.2) is 78.4 Å². The van der Waals surface area contributed by atoms with E-state index in [1.165, 1.54) is 37.8 Å². The zero-order valence-corrected chi connectivity index (χ0v) is 21.1. The Hall–Kier alpha value is -4.06. The number of nitrogens with two attached hydrogens (primary N) is 1. The zero-order chi connectivity index (χ0) is 25.8. The summed E-state index contributed by atoms with van der Waals surface area (Å²) in [6.07, 6.45) is 2.47. The third-order valence-electron chi connectivity index (χ3n) is 5.13. The lowest BCUT2D eigenvalue weighted by molar-refractivity contribution is -0.114. The quantitative estimate of drug-likeness (QED) is 0.187. The van der Waals surface area contributed by atoms with Gasteiger partial charge >= 0.3 is 0 Å². The molecule has 0 atom stereocenters. The van der Waals surface area contributed by atoms with Gasteiger partial charge in [0.15, 0.2) is 11.5 Å². The van der Waals surface area contributed by atoms with E-state index in [0.29, 0.717) is 11.3 Å². The fraction of sp³-hybridized carbons (Fsp3) is 0.267. The molecule has 0 radical (unpaired) electrons. The molecule has 1 aliphatic rings. The summed E-state index contributed by atoms with van der Waals surface area (Å²) in [5.41, 5.74) is 15.5. The van der Waals surface area contributed by atoms with Gasteiger partial charge in [-0.15, -0.1) is 0 Å². The van der Waals surface area contributed by atoms with Crippen molar-refractivity contribution in [3.05, 3.63) is 89.5 Å². The van der Waals surface area contributed by atoms with Crippen LogP contribution in [0.2, 0.25) is 0 Å². The van der Waals surface area contributed by atoms with E-state index in [9.17, 15) is 9.59 Å². The van der Waals surface area contributed by atoms with Gasteiger partial charge in [0.05, 0.1) is 5.69 Å². The maximum atomic E-state index is 11.0. The Morgan fingerprint density at radius 3 is 1.72 bits per heavy atom. The van der Waals surface area contributed by atoms with Crippen LogP contribution in [0.1, 0.15) is 70.8 Å². The van der Waals surface area contributed by atoms with Gasteiger partial charge in [0.1, 0.15) is 0 Å². The number of Topliss-reactive ketones (excluding diaryl/α,β-unsaturated/α-hetero) is 1. The summed E-state index contributed by atoms with van der Waals surface area (Å²) in [5, 5.41) is 2.72. The molecule has 0 saturated heterocycles. The van der Waals surface area contributed by atoms with Crippen molar-refractivity contribution in [2.24, 2.45) is 0 Å². The number of allylic oxidation sites excluding steroid dienone is 2. The van der Waals surface area contributed by atoms with Gasteiger partial charge in [-0.2, -0.15) is 0 Å². The first-order valence-corrected chi connectivity index (χ1v) is 11.8. The maximum Gasteiger partial charge on any atom is 0.221 e. The first-order chi connectivity index (χ1) is 16.8. The molecule has 0 spiro atoms. The molecular formula is C30H39N3O3. The van der Waals surface area contributed by atoms with Crippen LogP contribution in [0.5, 0.6) is 5.75 Å². The van der Waals surface area contributed by atoms with Gasteiger partial charge in [0.2, 0.25) is 5.91 Å². The highest BCUT2D eigenvalue weighted by molar-refractivity contribution is 5.94. The van der Waals surface area contributed by atoms with E-state index in [4.69, 9.17) is 10.6 Å². The number of rotatable bonds is 6. The predicted molar refractivity (Wildman–Crippen MR) is 152 cm³/mol. The average molecular weight is 490 g/mol. The minimum Gasteiger partial charge on any atom is -0.399 e. The van der Waals surface area contributed by atoms with Crippen LogP contribution >= 0.6 is 0 Å². The Labute approximate surface area is 215 Å². The predicted octanol–water partition coefficient (Wildman–Crippen LogP) is 7.75. The van der Waals surface area contributed by atoms with E-state index in [2.05, 4.69) is 29.9 Å². The lowest BCUT2D eigenvalue weighted by atomic mass is 10.1. The topological polar surface area (TPSA) is 93.5 Å². The van der Waals surface area contributed by atoms with Crippen LogP contribution in [0.25, 0.3) is 5.57 Å². The molecule has 0 aromatic heterocycles. The number of nitrogen functional groups attached to an aromatic ring is 1. The normalized spacial score (nSPS) is 10.8. The van der Waals surface area contributed by atoms with Crippen LogP contribution in [-0.2, 0) is 4.79 Å². The van der Waals surface area contributed by atoms with E-state index < -0.39 is 0 Å². The smallest absolute Gasteiger partial charge is 0.221 e. The van der Waals surface area contributed by atoms with E-state index in [1.807, 2.05) is 50.2 Å². The number of amides is 1. The van der Waals surface area contributed by atoms with Gasteiger partial charge < -0.3 is 15.9 Å². The summed E-state index contributed by atoms with van der Waals surface area (Å²) < 4.78 is 0. The summed E-state index contributed by atoms with van der Waals surface area (Å²) in [5.74, 6) is 0.742. The average Bonchev–Trinajstić information content (AvgIpc) is 3.71. The monoisotopic (exact) mass is 489 g/mol. The fourth-order valence-corrected chi connectivity index (χ4v) is 3.08. The molecule has 36 heavy (non-hydrogen) atoms. The highest BCUT2D eigenvalue weighted by Crippen LogP contribution is 2.36. The number of anilines is 3. The molecule has 6 heteroatoms. The number of ketones is 1. The van der Waals surface area contributed by atoms with Gasteiger partial charge in [-0.3, -0.25) is 9.59 Å². The van der Waals surface area contributed by atoms with Crippen LogP contribution in [0, 0.1) is 0 Å². The minimum atomic E-state index is -0.0847. The maximum absolute atomic E-state index is 11.0. The third-order valence-corrected chi connectivity index (χ3v) is 5.13. The van der Waals surface area contributed by atoms with Gasteiger partial charge in [0.25, 0.3) is 0 Å². The molecule has 0 aliphatic heterocycles. The lowest BCUT2D eigenvalue weighted by Crippen LogP contribution is -2.07. The van der Waals surface area contributed by atoms with Gasteiger partial charge in [-0.05, 0) is 98.5 Å². The van der Waals surface area contributed by atoms with Crippen molar-refractivity contribution in [2.45, 2.75) is 54.9 Å². The summed E-state index contributed by atoms with van der Waals surface area (Å²) in [4.78, 5) is 27.3. The summed E-state index contributed by atoms with van der Waals surface area (Å²) in [6, 6.07) is 22.3. The van der Waals surface area contributed by atoms with Gasteiger partial charge in [-0.1, -0.05) is 39.0 Å². The molecule has 0 unspecified atom stereocenters. The highest BCUT2D eigenvalue weighted by atomic mass is 16.6. The van der Waals surface area contributed by atoms with E-state index in [1.54, 1.807) is 29.8 Å². The van der Waals surface area contributed by atoms with Crippen LogP contribution in [0.4, 0.5) is 17.1 Å². The van der Waals surface area contributed by atoms with Crippen LogP contribution in [0.3, 0.4) is 0 Å². The molecular weight excluding hydrogens is 450 g/mol. The number of benzene rings is 3. The standard InChI is InChI=1S/C19H20N2O2.C8H9NO.C2H6.CH4/c1-13(15-3-4-15)16-5-11-19(12-6-16)23-21-18-9-7-17(8-10-18)20-14(2)22;1-6(10)7-2-4-8(9)5-3-7;1-2;/h5-12,21H,3-4H2,1-2H3,(H,20,22);2-5H,9H2,1H3;1-2H3;1H4. The SMILES string of the molecule is C.CC.CC(=O)Nc1ccc(NOc2ccc(C(C)=C3CC3)cc2)cc1.CC(=O)c1ccc(N)cc1. The van der Waals surface area contributed by atoms with Crippen molar-refractivity contribution >= 4 is 34.3 Å². The third kappa shape index (κ3) is 10.1. The fourth-order valence-electron chi connectivity index (χ4n) is 3.08. The zero-order valence-electron chi connectivity index (χ0n) is 21.1. The first kappa shape index (κ1) is 30.0. The van der Waals surface area contributed by atoms with Crippen LogP contribution in [-0.4, -0.2) is 11.7 Å². The Bertz CT molecular complexity index is 1130. The lowest BCUT2D eigenvalue weighted by Gasteiger charge is -2.10. The number of nitrogens with one attached hydrogen (secondary N) is 2. The summed E-state index contributed by atoms with van der Waals surface area (Å²) in [6.45, 7) is 9.19. The van der Waals surface area contributed by atoms with Crippen molar-refractivity contribution in [1.29, 1.82) is 0 Å². The molecule has 3 aromatic rings. The van der Waals surface area contributed by atoms with Gasteiger partial charge in [0, 0.05) is 23.9 Å². The van der Waals surface area contributed by atoms with E-state index in [0.717, 1.165) is 17.1 Å². The molecule has 1 amide bonds. The molecule has 0 heterocycles. The van der Waals surface area contributed by atoms with E-state index >= 15 is 0 Å². The van der Waals surface area contributed by atoms with E-state index in [-0.39, 0.29) is 19.1 Å². The van der Waals surface area contributed by atoms with Crippen LogP contribution < -0.4 is 21.4 Å². The second-order valence-electron chi connectivity index (χ2n) is 7.89. The van der Waals surface area contributed by atoms with Crippen molar-refractivity contribution in [3.8, 4) is 5.75 Å². The second-order valence-corrected chi connectivity index (χ2v) is 7.89. The summed E-state index contributed by atoms with van der Waals surface area (Å²) in [7, 11) is 0. The molecule has 1 fully saturated rings. The Morgan fingerprint density at radius 2 is 1.25 bits per heavy atom. The largest absolute Gasteiger partial charge is 0.399 e. The second kappa shape index (κ2) is 15.0. The number of hydrogen-bond donors (Lipinski definition) is 3. The minimum absolute atomic E-state index is 0. The summed E-state index contributed by atoms with van der Waals surface area (Å²) >= 11 is 0. The number of carbonyl (C=O) groups excluding carboxylic acids is 2. The molecule has 3 aromatic carbocycles. The van der Waals surface area contributed by atoms with Crippen molar-refractivity contribution in [2.75, 3.05) is 16.5 Å². The Morgan fingerprint density at radius 1 is 0.750 bits per heavy atom. The molecule has 4 rings (SSSR count). The first-order valence-electron chi connectivity index (χ1n) is 11.8. The Balaban J connectivity index is 0.000000421.